The molecule has 5 atom stereocenters. The zero-order chi connectivity index (χ0) is 20.3. The van der Waals surface area contributed by atoms with Crippen molar-refractivity contribution in [1.29, 1.82) is 0 Å². The fourth-order valence-electron chi connectivity index (χ4n) is 3.86. The summed E-state index contributed by atoms with van der Waals surface area (Å²) >= 11 is 0. The molecule has 1 aromatic rings. The minimum absolute atomic E-state index is 0.0746. The van der Waals surface area contributed by atoms with E-state index in [1.165, 1.54) is 4.90 Å². The van der Waals surface area contributed by atoms with Crippen molar-refractivity contribution in [1.82, 2.24) is 10.2 Å². The maximum atomic E-state index is 13.0. The van der Waals surface area contributed by atoms with Crippen LogP contribution in [0.4, 0.5) is 0 Å². The van der Waals surface area contributed by atoms with E-state index >= 15 is 0 Å². The number of carbonyl (C=O) groups excluding carboxylic acids is 1. The molecule has 0 aromatic heterocycles. The van der Waals surface area contributed by atoms with Crippen molar-refractivity contribution in [2.24, 2.45) is 0 Å². The number of carboxylic acid groups (broad SMARTS) is 2. The first-order valence-corrected chi connectivity index (χ1v) is 10.7. The van der Waals surface area contributed by atoms with Crippen molar-refractivity contribution in [3.05, 3.63) is 35.9 Å². The lowest BCUT2D eigenvalue weighted by Gasteiger charge is -2.29. The molecule has 0 aliphatic carbocycles. The number of rotatable bonds is 7. The van der Waals surface area contributed by atoms with Gasteiger partial charge in [0.15, 0.2) is 0 Å². The summed E-state index contributed by atoms with van der Waals surface area (Å²) in [4.78, 5) is 37.4. The molecule has 152 valence electrons. The molecule has 0 radical (unpaired) electrons. The standard InChI is InChI=1S/C19H24N2O6S/c22-17-13(7-4-8-16-21(17)15(19(25)26)11-28(16)27)20-14(18(23)24)10-9-12-5-2-1-3-6-12/h1-3,5-6,13-16,20H,4,7-11H2,(H,23,24)(H,25,26)/t13-,14?,15-,16+,28+/m0/s1. The number of aliphatic carboxylic acids is 2. The number of amides is 1. The molecule has 2 saturated heterocycles. The van der Waals surface area contributed by atoms with E-state index in [1.807, 2.05) is 30.3 Å². The Morgan fingerprint density at radius 2 is 1.93 bits per heavy atom. The first-order chi connectivity index (χ1) is 13.4. The van der Waals surface area contributed by atoms with Gasteiger partial charge in [0.2, 0.25) is 5.91 Å². The molecule has 1 amide bonds. The number of hydrogen-bond acceptors (Lipinski definition) is 5. The summed E-state index contributed by atoms with van der Waals surface area (Å²) in [5.74, 6) is -2.77. The number of benzene rings is 1. The highest BCUT2D eigenvalue weighted by Gasteiger charge is 2.48. The number of aryl methyl sites for hydroxylation is 1. The van der Waals surface area contributed by atoms with Crippen molar-refractivity contribution >= 4 is 28.6 Å². The minimum Gasteiger partial charge on any atom is -0.480 e. The Bertz CT molecular complexity index is 771. The van der Waals surface area contributed by atoms with E-state index in [0.29, 0.717) is 32.1 Å². The topological polar surface area (TPSA) is 124 Å². The molecule has 2 fully saturated rings. The fraction of sp³-hybridized carbons (Fsp3) is 0.526. The summed E-state index contributed by atoms with van der Waals surface area (Å²) in [6, 6.07) is 6.64. The van der Waals surface area contributed by atoms with Gasteiger partial charge in [0.1, 0.15) is 17.5 Å². The molecule has 9 heteroatoms. The quantitative estimate of drug-likeness (QED) is 0.603. The highest BCUT2D eigenvalue weighted by Crippen LogP contribution is 2.29. The summed E-state index contributed by atoms with van der Waals surface area (Å²) in [7, 11) is -1.41. The molecule has 0 saturated carbocycles. The normalized spacial score (nSPS) is 28.4. The van der Waals surface area contributed by atoms with Gasteiger partial charge in [-0.25, -0.2) is 4.79 Å². The smallest absolute Gasteiger partial charge is 0.327 e. The van der Waals surface area contributed by atoms with Gasteiger partial charge in [0.05, 0.1) is 11.8 Å². The summed E-state index contributed by atoms with van der Waals surface area (Å²) in [6.45, 7) is 0. The zero-order valence-electron chi connectivity index (χ0n) is 15.3. The van der Waals surface area contributed by atoms with E-state index < -0.39 is 52.1 Å². The zero-order valence-corrected chi connectivity index (χ0v) is 16.1. The predicted octanol–water partition coefficient (Wildman–Crippen LogP) is 0.585. The Morgan fingerprint density at radius 3 is 2.57 bits per heavy atom. The molecule has 0 spiro atoms. The predicted molar refractivity (Wildman–Crippen MR) is 102 cm³/mol. The van der Waals surface area contributed by atoms with Gasteiger partial charge in [-0.1, -0.05) is 30.3 Å². The van der Waals surface area contributed by atoms with Crippen LogP contribution in [0, 0.1) is 0 Å². The van der Waals surface area contributed by atoms with Crippen LogP contribution in [0.1, 0.15) is 31.2 Å². The van der Waals surface area contributed by atoms with Crippen LogP contribution in [0.3, 0.4) is 0 Å². The number of nitrogens with zero attached hydrogens (tertiary/aromatic N) is 1. The first-order valence-electron chi connectivity index (χ1n) is 9.33. The highest BCUT2D eigenvalue weighted by atomic mass is 32.2. The number of carbonyl (C=O) groups is 3. The van der Waals surface area contributed by atoms with Crippen LogP contribution in [0.5, 0.6) is 0 Å². The van der Waals surface area contributed by atoms with E-state index in [0.717, 1.165) is 5.56 Å². The van der Waals surface area contributed by atoms with Crippen LogP contribution in [-0.4, -0.2) is 66.4 Å². The fourth-order valence-corrected chi connectivity index (χ4v) is 5.63. The third kappa shape index (κ3) is 4.41. The Balaban J connectivity index is 1.72. The molecule has 3 rings (SSSR count). The van der Waals surface area contributed by atoms with Gasteiger partial charge in [0, 0.05) is 10.8 Å². The second-order valence-electron chi connectivity index (χ2n) is 7.17. The van der Waals surface area contributed by atoms with Crippen LogP contribution in [0.2, 0.25) is 0 Å². The second-order valence-corrected chi connectivity index (χ2v) is 8.81. The Kier molecular flexibility index (Phi) is 6.46. The van der Waals surface area contributed by atoms with Crippen LogP contribution in [0.15, 0.2) is 30.3 Å². The van der Waals surface area contributed by atoms with Crippen molar-refractivity contribution < 1.29 is 28.8 Å². The van der Waals surface area contributed by atoms with E-state index in [4.69, 9.17) is 0 Å². The van der Waals surface area contributed by atoms with Gasteiger partial charge in [0.25, 0.3) is 0 Å². The lowest BCUT2D eigenvalue weighted by atomic mass is 10.0. The molecule has 2 aliphatic heterocycles. The van der Waals surface area contributed by atoms with Crippen molar-refractivity contribution in [3.63, 3.8) is 0 Å². The van der Waals surface area contributed by atoms with Gasteiger partial charge in [-0.05, 0) is 37.7 Å². The largest absolute Gasteiger partial charge is 0.480 e. The monoisotopic (exact) mass is 408 g/mol. The molecule has 28 heavy (non-hydrogen) atoms. The SMILES string of the molecule is O=C(O)C(CCc1ccccc1)N[C@H]1CCC[C@@H]2N(C1=O)[C@H](C(=O)O)C[S@]2=O. The number of fused-ring (bicyclic) bond motifs is 1. The molecule has 2 heterocycles. The molecular formula is C19H24N2O6S. The van der Waals surface area contributed by atoms with Gasteiger partial charge < -0.3 is 15.1 Å². The van der Waals surface area contributed by atoms with Crippen molar-refractivity contribution in [2.45, 2.75) is 55.6 Å². The second kappa shape index (κ2) is 8.83. The van der Waals surface area contributed by atoms with Crippen molar-refractivity contribution in [3.8, 4) is 0 Å². The number of hydrogen-bond donors (Lipinski definition) is 3. The average Bonchev–Trinajstić information content (AvgIpc) is 2.91. The number of carboxylic acids is 2. The summed E-state index contributed by atoms with van der Waals surface area (Å²) in [5, 5.41) is 21.3. The maximum absolute atomic E-state index is 13.0. The minimum atomic E-state index is -1.41. The molecule has 2 aliphatic rings. The van der Waals surface area contributed by atoms with Gasteiger partial charge in [-0.3, -0.25) is 19.1 Å². The molecule has 8 nitrogen and oxygen atoms in total. The van der Waals surface area contributed by atoms with E-state index in [-0.39, 0.29) is 5.75 Å². The van der Waals surface area contributed by atoms with Gasteiger partial charge >= 0.3 is 11.9 Å². The Hall–Kier alpha value is -2.26. The lowest BCUT2D eigenvalue weighted by molar-refractivity contribution is -0.150. The summed E-state index contributed by atoms with van der Waals surface area (Å²) in [6.07, 6.45) is 2.28. The number of nitrogens with one attached hydrogen (secondary N) is 1. The molecular weight excluding hydrogens is 384 g/mol. The third-order valence-corrected chi connectivity index (χ3v) is 7.03. The summed E-state index contributed by atoms with van der Waals surface area (Å²) in [5.41, 5.74) is 1.00. The van der Waals surface area contributed by atoms with Gasteiger partial charge in [-0.15, -0.1) is 0 Å². The van der Waals surface area contributed by atoms with E-state index in [2.05, 4.69) is 5.32 Å². The van der Waals surface area contributed by atoms with Crippen LogP contribution < -0.4 is 5.32 Å². The lowest BCUT2D eigenvalue weighted by Crippen LogP contribution is -2.55. The molecule has 1 unspecified atom stereocenters. The van der Waals surface area contributed by atoms with Crippen LogP contribution in [0.25, 0.3) is 0 Å². The van der Waals surface area contributed by atoms with Crippen LogP contribution in [-0.2, 0) is 31.6 Å². The average molecular weight is 408 g/mol. The van der Waals surface area contributed by atoms with E-state index in [1.54, 1.807) is 0 Å². The highest BCUT2D eigenvalue weighted by molar-refractivity contribution is 7.86. The van der Waals surface area contributed by atoms with Crippen LogP contribution >= 0.6 is 0 Å². The molecule has 0 bridgehead atoms. The maximum Gasteiger partial charge on any atom is 0.327 e. The molecule has 1 aromatic carbocycles. The third-order valence-electron chi connectivity index (χ3n) is 5.32. The first kappa shape index (κ1) is 20.5. The Morgan fingerprint density at radius 1 is 1.21 bits per heavy atom. The van der Waals surface area contributed by atoms with E-state index in [9.17, 15) is 28.8 Å². The Labute approximate surface area is 165 Å². The van der Waals surface area contributed by atoms with Crippen molar-refractivity contribution in [2.75, 3.05) is 5.75 Å². The summed E-state index contributed by atoms with van der Waals surface area (Å²) < 4.78 is 12.3. The molecule has 3 N–H and O–H groups in total. The van der Waals surface area contributed by atoms with Gasteiger partial charge in [-0.2, -0.15) is 0 Å².